The molecule has 2 heterocycles. The number of esters is 1. The van der Waals surface area contributed by atoms with Crippen molar-refractivity contribution in [2.75, 3.05) is 32.7 Å². The Kier molecular flexibility index (Phi) is 3.82. The fourth-order valence-corrected chi connectivity index (χ4v) is 2.68. The van der Waals surface area contributed by atoms with Gasteiger partial charge in [0.2, 0.25) is 0 Å². The summed E-state index contributed by atoms with van der Waals surface area (Å²) in [4.78, 5) is 16.3. The molecule has 4 heteroatoms. The van der Waals surface area contributed by atoms with E-state index in [0.717, 1.165) is 19.6 Å². The largest absolute Gasteiger partial charge is 0.462 e. The Balaban J connectivity index is 1.76. The molecule has 2 aliphatic rings. The van der Waals surface area contributed by atoms with Gasteiger partial charge in [0.15, 0.2) is 0 Å². The Morgan fingerprint density at radius 3 is 2.94 bits per heavy atom. The summed E-state index contributed by atoms with van der Waals surface area (Å²) in [6, 6.07) is 0.681. The van der Waals surface area contributed by atoms with Gasteiger partial charge in [-0.1, -0.05) is 0 Å². The zero-order valence-electron chi connectivity index (χ0n) is 10.3. The van der Waals surface area contributed by atoms with Gasteiger partial charge in [0.25, 0.3) is 0 Å². The van der Waals surface area contributed by atoms with Gasteiger partial charge in [0.05, 0.1) is 12.6 Å². The molecule has 0 aromatic heterocycles. The minimum Gasteiger partial charge on any atom is -0.462 e. The van der Waals surface area contributed by atoms with Gasteiger partial charge >= 0.3 is 5.97 Å². The Labute approximate surface area is 97.5 Å². The van der Waals surface area contributed by atoms with Crippen molar-refractivity contribution in [2.24, 2.45) is 0 Å². The van der Waals surface area contributed by atoms with Crippen LogP contribution in [0.5, 0.6) is 0 Å². The number of rotatable bonds is 3. The monoisotopic (exact) mass is 226 g/mol. The number of ether oxygens (including phenoxy) is 1. The normalized spacial score (nSPS) is 27.1. The second kappa shape index (κ2) is 5.15. The van der Waals surface area contributed by atoms with Gasteiger partial charge in [0.1, 0.15) is 0 Å². The van der Waals surface area contributed by atoms with E-state index in [1.165, 1.54) is 19.4 Å². The van der Waals surface area contributed by atoms with E-state index < -0.39 is 0 Å². The van der Waals surface area contributed by atoms with Crippen LogP contribution in [0.4, 0.5) is 0 Å². The van der Waals surface area contributed by atoms with Crippen LogP contribution in [-0.2, 0) is 9.53 Å². The number of piperazine rings is 1. The lowest BCUT2D eigenvalue weighted by Crippen LogP contribution is -2.51. The first kappa shape index (κ1) is 11.9. The molecule has 0 aromatic rings. The van der Waals surface area contributed by atoms with Crippen molar-refractivity contribution in [1.29, 1.82) is 0 Å². The Hall–Kier alpha value is -0.610. The molecule has 92 valence electrons. The molecule has 0 radical (unpaired) electrons. The lowest BCUT2D eigenvalue weighted by Gasteiger charge is -2.36. The van der Waals surface area contributed by atoms with E-state index in [1.54, 1.807) is 0 Å². The lowest BCUT2D eigenvalue weighted by molar-refractivity contribution is -0.149. The van der Waals surface area contributed by atoms with Gasteiger partial charge in [-0.25, -0.2) is 0 Å². The maximum atomic E-state index is 11.5. The van der Waals surface area contributed by atoms with E-state index >= 15 is 0 Å². The highest BCUT2D eigenvalue weighted by Gasteiger charge is 2.31. The van der Waals surface area contributed by atoms with Crippen LogP contribution in [0.2, 0.25) is 0 Å². The van der Waals surface area contributed by atoms with Crippen molar-refractivity contribution in [3.63, 3.8) is 0 Å². The number of hydrogen-bond donors (Lipinski definition) is 0. The highest BCUT2D eigenvalue weighted by atomic mass is 16.5. The Bertz CT molecular complexity index is 255. The first-order chi connectivity index (χ1) is 7.65. The predicted molar refractivity (Wildman–Crippen MR) is 62.3 cm³/mol. The first-order valence-electron chi connectivity index (χ1n) is 6.31. The molecule has 0 aromatic carbocycles. The van der Waals surface area contributed by atoms with E-state index in [4.69, 9.17) is 4.74 Å². The topological polar surface area (TPSA) is 32.8 Å². The summed E-state index contributed by atoms with van der Waals surface area (Å²) in [5, 5.41) is 0. The number of nitrogens with zero attached hydrogens (tertiary/aromatic N) is 2. The number of carbonyl (C=O) groups is 1. The van der Waals surface area contributed by atoms with Gasteiger partial charge in [0, 0.05) is 25.7 Å². The molecular formula is C12H22N2O2. The fourth-order valence-electron chi connectivity index (χ4n) is 2.68. The third kappa shape index (κ3) is 2.95. The summed E-state index contributed by atoms with van der Waals surface area (Å²) in [5.74, 6) is -0.0820. The van der Waals surface area contributed by atoms with E-state index in [9.17, 15) is 4.79 Å². The summed E-state index contributed by atoms with van der Waals surface area (Å²) in [6.07, 6.45) is 2.60. The highest BCUT2D eigenvalue weighted by Crippen LogP contribution is 2.21. The van der Waals surface area contributed by atoms with Crippen molar-refractivity contribution in [1.82, 2.24) is 9.80 Å². The summed E-state index contributed by atoms with van der Waals surface area (Å²) < 4.78 is 5.17. The minimum atomic E-state index is -0.0820. The highest BCUT2D eigenvalue weighted by molar-refractivity contribution is 5.71. The smallest absolute Gasteiger partial charge is 0.320 e. The molecule has 0 bridgehead atoms. The zero-order chi connectivity index (χ0) is 11.5. The van der Waals surface area contributed by atoms with Gasteiger partial charge < -0.3 is 4.74 Å². The molecule has 0 amide bonds. The van der Waals surface area contributed by atoms with E-state index in [-0.39, 0.29) is 12.1 Å². The molecule has 1 unspecified atom stereocenters. The average molecular weight is 226 g/mol. The SMILES string of the molecule is CC(C)OC(=O)CN1CCN2CCCC2C1. The van der Waals surface area contributed by atoms with Crippen LogP contribution in [0.1, 0.15) is 26.7 Å². The van der Waals surface area contributed by atoms with Crippen LogP contribution in [0, 0.1) is 0 Å². The quantitative estimate of drug-likeness (QED) is 0.664. The Morgan fingerprint density at radius 1 is 1.38 bits per heavy atom. The van der Waals surface area contributed by atoms with Crippen LogP contribution in [0.15, 0.2) is 0 Å². The van der Waals surface area contributed by atoms with Crippen LogP contribution in [0.3, 0.4) is 0 Å². The summed E-state index contributed by atoms with van der Waals surface area (Å²) >= 11 is 0. The molecule has 0 aliphatic carbocycles. The molecular weight excluding hydrogens is 204 g/mol. The van der Waals surface area contributed by atoms with Gasteiger partial charge in [-0.15, -0.1) is 0 Å². The minimum absolute atomic E-state index is 0.000250. The molecule has 2 saturated heterocycles. The van der Waals surface area contributed by atoms with Crippen molar-refractivity contribution >= 4 is 5.97 Å². The van der Waals surface area contributed by atoms with Crippen LogP contribution < -0.4 is 0 Å². The molecule has 2 fully saturated rings. The van der Waals surface area contributed by atoms with E-state index in [2.05, 4.69) is 9.80 Å². The van der Waals surface area contributed by atoms with Crippen LogP contribution in [-0.4, -0.2) is 60.6 Å². The maximum absolute atomic E-state index is 11.5. The molecule has 0 N–H and O–H groups in total. The maximum Gasteiger partial charge on any atom is 0.320 e. The summed E-state index contributed by atoms with van der Waals surface area (Å²) in [7, 11) is 0. The number of carbonyl (C=O) groups excluding carboxylic acids is 1. The predicted octanol–water partition coefficient (Wildman–Crippen LogP) is 0.718. The Morgan fingerprint density at radius 2 is 2.19 bits per heavy atom. The van der Waals surface area contributed by atoms with Crippen molar-refractivity contribution < 1.29 is 9.53 Å². The van der Waals surface area contributed by atoms with Crippen LogP contribution in [0.25, 0.3) is 0 Å². The summed E-state index contributed by atoms with van der Waals surface area (Å²) in [5.41, 5.74) is 0. The third-order valence-electron chi connectivity index (χ3n) is 3.39. The van der Waals surface area contributed by atoms with E-state index in [1.807, 2.05) is 13.8 Å². The molecule has 0 spiro atoms. The van der Waals surface area contributed by atoms with Crippen LogP contribution >= 0.6 is 0 Å². The van der Waals surface area contributed by atoms with Crippen molar-refractivity contribution in [2.45, 2.75) is 38.8 Å². The second-order valence-corrected chi connectivity index (χ2v) is 5.11. The second-order valence-electron chi connectivity index (χ2n) is 5.11. The first-order valence-corrected chi connectivity index (χ1v) is 6.31. The summed E-state index contributed by atoms with van der Waals surface area (Å²) in [6.45, 7) is 8.65. The van der Waals surface area contributed by atoms with Crippen molar-refractivity contribution in [3.8, 4) is 0 Å². The van der Waals surface area contributed by atoms with Gasteiger partial charge in [-0.2, -0.15) is 0 Å². The molecule has 1 atom stereocenters. The van der Waals surface area contributed by atoms with Gasteiger partial charge in [-0.3, -0.25) is 14.6 Å². The standard InChI is InChI=1S/C12H22N2O2/c1-10(2)16-12(15)9-13-6-7-14-5-3-4-11(14)8-13/h10-11H,3-9H2,1-2H3. The van der Waals surface area contributed by atoms with Crippen molar-refractivity contribution in [3.05, 3.63) is 0 Å². The molecule has 2 aliphatic heterocycles. The average Bonchev–Trinajstić information content (AvgIpc) is 2.63. The fraction of sp³-hybridized carbons (Fsp3) is 0.917. The van der Waals surface area contributed by atoms with Gasteiger partial charge in [-0.05, 0) is 33.2 Å². The lowest BCUT2D eigenvalue weighted by atomic mass is 10.1. The van der Waals surface area contributed by atoms with E-state index in [0.29, 0.717) is 12.6 Å². The molecule has 0 saturated carbocycles. The molecule has 16 heavy (non-hydrogen) atoms. The molecule has 2 rings (SSSR count). The molecule has 4 nitrogen and oxygen atoms in total. The zero-order valence-corrected chi connectivity index (χ0v) is 10.3. The number of hydrogen-bond acceptors (Lipinski definition) is 4. The number of fused-ring (bicyclic) bond motifs is 1. The third-order valence-corrected chi connectivity index (χ3v) is 3.39.